The molecule has 0 saturated heterocycles. The van der Waals surface area contributed by atoms with Crippen molar-refractivity contribution in [2.75, 3.05) is 11.4 Å². The van der Waals surface area contributed by atoms with Crippen molar-refractivity contribution in [2.24, 2.45) is 0 Å². The van der Waals surface area contributed by atoms with Crippen LogP contribution in [0.3, 0.4) is 0 Å². The van der Waals surface area contributed by atoms with E-state index >= 15 is 0 Å². The normalized spacial score (nSPS) is 10.1. The summed E-state index contributed by atoms with van der Waals surface area (Å²) in [5.41, 5.74) is 2.84. The van der Waals surface area contributed by atoms with E-state index in [2.05, 4.69) is 29.8 Å². The smallest absolute Gasteiger partial charge is 0.190 e. The van der Waals surface area contributed by atoms with Crippen LogP contribution in [0.2, 0.25) is 0 Å². The second-order valence-corrected chi connectivity index (χ2v) is 5.22. The maximum absolute atomic E-state index is 8.81. The molecule has 0 aliphatic rings. The van der Waals surface area contributed by atoms with Crippen LogP contribution in [-0.4, -0.2) is 11.5 Å². The average molecular weight is 257 g/mol. The fourth-order valence-electron chi connectivity index (χ4n) is 1.72. The molecule has 1 aromatic carbocycles. The average Bonchev–Trinajstić information content (AvgIpc) is 2.71. The van der Waals surface area contributed by atoms with E-state index in [0.29, 0.717) is 5.56 Å². The second kappa shape index (κ2) is 5.19. The van der Waals surface area contributed by atoms with E-state index < -0.39 is 0 Å². The molecule has 0 aliphatic heterocycles. The first kappa shape index (κ1) is 12.6. The number of hydrogen-bond donors (Lipinski definition) is 0. The Labute approximate surface area is 111 Å². The van der Waals surface area contributed by atoms with E-state index in [9.17, 15) is 0 Å². The molecule has 0 spiro atoms. The molecule has 0 radical (unpaired) electrons. The van der Waals surface area contributed by atoms with Crippen LogP contribution in [0.5, 0.6) is 0 Å². The van der Waals surface area contributed by atoms with Gasteiger partial charge in [-0.25, -0.2) is 4.98 Å². The van der Waals surface area contributed by atoms with Gasteiger partial charge in [0.2, 0.25) is 0 Å². The number of anilines is 2. The number of nitrogens with zero attached hydrogens (tertiary/aromatic N) is 3. The molecule has 0 unspecified atom stereocenters. The summed E-state index contributed by atoms with van der Waals surface area (Å²) in [5.74, 6) is 0. The van der Waals surface area contributed by atoms with Crippen molar-refractivity contribution in [3.05, 3.63) is 40.4 Å². The Bertz CT molecular complexity index is 559. The predicted octanol–water partition coefficient (Wildman–Crippen LogP) is 3.79. The van der Waals surface area contributed by atoms with Gasteiger partial charge in [-0.15, -0.1) is 11.3 Å². The molecular weight excluding hydrogens is 242 g/mol. The van der Waals surface area contributed by atoms with Gasteiger partial charge in [0.05, 0.1) is 17.3 Å². The number of aryl methyl sites for hydroxylation is 2. The molecule has 0 fully saturated rings. The summed E-state index contributed by atoms with van der Waals surface area (Å²) in [4.78, 5) is 7.99. The third kappa shape index (κ3) is 2.36. The van der Waals surface area contributed by atoms with Gasteiger partial charge < -0.3 is 4.90 Å². The van der Waals surface area contributed by atoms with Crippen LogP contribution in [0.15, 0.2) is 24.3 Å². The van der Waals surface area contributed by atoms with Crippen molar-refractivity contribution >= 4 is 22.2 Å². The first-order valence-corrected chi connectivity index (χ1v) is 6.69. The lowest BCUT2D eigenvalue weighted by Crippen LogP contribution is -2.15. The van der Waals surface area contributed by atoms with Crippen molar-refractivity contribution in [3.63, 3.8) is 0 Å². The molecule has 2 aromatic rings. The summed E-state index contributed by atoms with van der Waals surface area (Å²) >= 11 is 1.70. The quantitative estimate of drug-likeness (QED) is 0.840. The van der Waals surface area contributed by atoms with Crippen LogP contribution >= 0.6 is 11.3 Å². The van der Waals surface area contributed by atoms with Crippen LogP contribution in [0.4, 0.5) is 10.8 Å². The Hall–Kier alpha value is -1.86. The maximum Gasteiger partial charge on any atom is 0.190 e. The minimum atomic E-state index is 0.682. The minimum Gasteiger partial charge on any atom is -0.318 e. The monoisotopic (exact) mass is 257 g/mol. The highest BCUT2D eigenvalue weighted by molar-refractivity contribution is 7.15. The molecule has 18 heavy (non-hydrogen) atoms. The van der Waals surface area contributed by atoms with E-state index in [-0.39, 0.29) is 0 Å². The maximum atomic E-state index is 8.81. The van der Waals surface area contributed by atoms with Gasteiger partial charge in [-0.1, -0.05) is 0 Å². The molecule has 4 heteroatoms. The van der Waals surface area contributed by atoms with Crippen molar-refractivity contribution in [3.8, 4) is 6.07 Å². The van der Waals surface area contributed by atoms with E-state index in [4.69, 9.17) is 5.26 Å². The van der Waals surface area contributed by atoms with E-state index in [1.54, 1.807) is 11.3 Å². The number of aromatic nitrogens is 1. The van der Waals surface area contributed by atoms with E-state index in [0.717, 1.165) is 23.1 Å². The van der Waals surface area contributed by atoms with E-state index in [1.165, 1.54) is 4.88 Å². The molecule has 1 heterocycles. The SMILES string of the molecule is CCN(c1ccc(C#N)cc1)c1nc(C)c(C)s1. The molecule has 1 aromatic heterocycles. The van der Waals surface area contributed by atoms with Gasteiger partial charge in [-0.3, -0.25) is 0 Å². The molecule has 0 aliphatic carbocycles. The summed E-state index contributed by atoms with van der Waals surface area (Å²) in [7, 11) is 0. The summed E-state index contributed by atoms with van der Waals surface area (Å²) in [5, 5.41) is 9.82. The zero-order valence-electron chi connectivity index (χ0n) is 10.8. The Morgan fingerprint density at radius 1 is 1.28 bits per heavy atom. The van der Waals surface area contributed by atoms with Crippen LogP contribution in [-0.2, 0) is 0 Å². The van der Waals surface area contributed by atoms with Crippen LogP contribution < -0.4 is 4.90 Å². The summed E-state index contributed by atoms with van der Waals surface area (Å²) in [6.45, 7) is 7.08. The predicted molar refractivity (Wildman–Crippen MR) is 75.4 cm³/mol. The molecule has 2 rings (SSSR count). The second-order valence-electron chi connectivity index (χ2n) is 4.04. The Balaban J connectivity index is 2.35. The molecular formula is C14H15N3S. The molecule has 3 nitrogen and oxygen atoms in total. The third-order valence-electron chi connectivity index (χ3n) is 2.87. The Morgan fingerprint density at radius 2 is 1.94 bits per heavy atom. The lowest BCUT2D eigenvalue weighted by Gasteiger charge is -2.19. The van der Waals surface area contributed by atoms with Crippen LogP contribution in [0.1, 0.15) is 23.1 Å². The highest BCUT2D eigenvalue weighted by atomic mass is 32.1. The topological polar surface area (TPSA) is 39.9 Å². The van der Waals surface area contributed by atoms with Gasteiger partial charge >= 0.3 is 0 Å². The van der Waals surface area contributed by atoms with E-state index in [1.807, 2.05) is 31.2 Å². The molecule has 0 amide bonds. The zero-order valence-corrected chi connectivity index (χ0v) is 11.6. The molecule has 0 atom stereocenters. The third-order valence-corrected chi connectivity index (χ3v) is 3.97. The van der Waals surface area contributed by atoms with Crippen LogP contribution in [0, 0.1) is 25.2 Å². The van der Waals surface area contributed by atoms with Gasteiger partial charge in [-0.2, -0.15) is 5.26 Å². The fourth-order valence-corrected chi connectivity index (χ4v) is 2.71. The minimum absolute atomic E-state index is 0.682. The standard InChI is InChI=1S/C14H15N3S/c1-4-17(14-16-10(2)11(3)18-14)13-7-5-12(9-15)6-8-13/h5-8H,4H2,1-3H3. The fraction of sp³-hybridized carbons (Fsp3) is 0.286. The Kier molecular flexibility index (Phi) is 3.63. The number of hydrogen-bond acceptors (Lipinski definition) is 4. The number of benzene rings is 1. The zero-order chi connectivity index (χ0) is 13.1. The largest absolute Gasteiger partial charge is 0.318 e. The molecule has 0 saturated carbocycles. The number of thiazole rings is 1. The summed E-state index contributed by atoms with van der Waals surface area (Å²) < 4.78 is 0. The van der Waals surface area contributed by atoms with Gasteiger partial charge in [0.15, 0.2) is 5.13 Å². The first-order valence-electron chi connectivity index (χ1n) is 5.87. The molecule has 0 N–H and O–H groups in total. The number of nitriles is 1. The van der Waals surface area contributed by atoms with Gasteiger partial charge in [0, 0.05) is 17.1 Å². The highest BCUT2D eigenvalue weighted by Crippen LogP contribution is 2.30. The lowest BCUT2D eigenvalue weighted by atomic mass is 10.2. The summed E-state index contributed by atoms with van der Waals surface area (Å²) in [6.07, 6.45) is 0. The number of rotatable bonds is 3. The van der Waals surface area contributed by atoms with Crippen LogP contribution in [0.25, 0.3) is 0 Å². The Morgan fingerprint density at radius 3 is 2.39 bits per heavy atom. The van der Waals surface area contributed by atoms with Crippen molar-refractivity contribution in [1.82, 2.24) is 4.98 Å². The molecule has 92 valence electrons. The van der Waals surface area contributed by atoms with Gasteiger partial charge in [0.1, 0.15) is 0 Å². The molecule has 0 bridgehead atoms. The van der Waals surface area contributed by atoms with Gasteiger partial charge in [-0.05, 0) is 45.0 Å². The van der Waals surface area contributed by atoms with Crippen molar-refractivity contribution in [1.29, 1.82) is 5.26 Å². The lowest BCUT2D eigenvalue weighted by molar-refractivity contribution is 1.00. The summed E-state index contributed by atoms with van der Waals surface area (Å²) in [6, 6.07) is 9.74. The first-order chi connectivity index (χ1) is 8.65. The van der Waals surface area contributed by atoms with Gasteiger partial charge in [0.25, 0.3) is 0 Å². The van der Waals surface area contributed by atoms with Crippen molar-refractivity contribution < 1.29 is 0 Å². The van der Waals surface area contributed by atoms with Crippen molar-refractivity contribution in [2.45, 2.75) is 20.8 Å². The highest BCUT2D eigenvalue weighted by Gasteiger charge is 2.12.